The maximum absolute atomic E-state index is 4.42. The summed E-state index contributed by atoms with van der Waals surface area (Å²) in [5.41, 5.74) is 1.14. The van der Waals surface area contributed by atoms with E-state index in [1.807, 2.05) is 19.3 Å². The highest BCUT2D eigenvalue weighted by molar-refractivity contribution is 9.10. The van der Waals surface area contributed by atoms with E-state index in [0.29, 0.717) is 0 Å². The lowest BCUT2D eigenvalue weighted by molar-refractivity contribution is 0.701. The van der Waals surface area contributed by atoms with Crippen LogP contribution in [0.25, 0.3) is 5.52 Å². The summed E-state index contributed by atoms with van der Waals surface area (Å²) in [6.07, 6.45) is 6.10. The Labute approximate surface area is 97.6 Å². The van der Waals surface area contributed by atoms with Crippen molar-refractivity contribution in [3.8, 4) is 0 Å². The Balaban J connectivity index is 2.21. The fourth-order valence-corrected chi connectivity index (χ4v) is 1.99. The van der Waals surface area contributed by atoms with Crippen LogP contribution >= 0.6 is 15.9 Å². The van der Waals surface area contributed by atoms with Gasteiger partial charge >= 0.3 is 0 Å². The van der Waals surface area contributed by atoms with E-state index in [0.717, 1.165) is 35.2 Å². The Morgan fingerprint density at radius 1 is 1.53 bits per heavy atom. The Bertz CT molecular complexity index is 450. The molecule has 80 valence electrons. The van der Waals surface area contributed by atoms with Gasteiger partial charge in [0, 0.05) is 17.1 Å². The molecule has 0 radical (unpaired) electrons. The predicted molar refractivity (Wildman–Crippen MR) is 65.1 cm³/mol. The van der Waals surface area contributed by atoms with E-state index >= 15 is 0 Å². The van der Waals surface area contributed by atoms with Crippen LogP contribution in [0.3, 0.4) is 0 Å². The van der Waals surface area contributed by atoms with E-state index in [9.17, 15) is 0 Å². The standard InChI is InChI=1S/C11H14BrN3/c1-13-5-2-3-11-14-8-10-7-9(12)4-6-15(10)11/h4,6-8,13H,2-3,5H2,1H3. The molecular formula is C11H14BrN3. The Morgan fingerprint density at radius 2 is 2.40 bits per heavy atom. The van der Waals surface area contributed by atoms with Crippen molar-refractivity contribution in [1.82, 2.24) is 14.7 Å². The van der Waals surface area contributed by atoms with E-state index in [4.69, 9.17) is 0 Å². The van der Waals surface area contributed by atoms with Gasteiger partial charge < -0.3 is 9.72 Å². The number of fused-ring (bicyclic) bond motifs is 1. The summed E-state index contributed by atoms with van der Waals surface area (Å²) in [7, 11) is 1.97. The molecule has 2 heterocycles. The van der Waals surface area contributed by atoms with Gasteiger partial charge in [-0.15, -0.1) is 0 Å². The molecular weight excluding hydrogens is 254 g/mol. The van der Waals surface area contributed by atoms with Gasteiger partial charge in [0.25, 0.3) is 0 Å². The second kappa shape index (κ2) is 4.77. The number of imidazole rings is 1. The number of nitrogens with zero attached hydrogens (tertiary/aromatic N) is 2. The van der Waals surface area contributed by atoms with Crippen molar-refractivity contribution in [2.24, 2.45) is 0 Å². The van der Waals surface area contributed by atoms with Crippen LogP contribution in [0.2, 0.25) is 0 Å². The second-order valence-electron chi connectivity index (χ2n) is 3.52. The van der Waals surface area contributed by atoms with Crippen molar-refractivity contribution < 1.29 is 0 Å². The van der Waals surface area contributed by atoms with Gasteiger partial charge in [-0.25, -0.2) is 4.98 Å². The lowest BCUT2D eigenvalue weighted by atomic mass is 10.3. The Kier molecular flexibility index (Phi) is 3.38. The zero-order chi connectivity index (χ0) is 10.7. The Morgan fingerprint density at radius 3 is 3.20 bits per heavy atom. The number of aromatic nitrogens is 2. The van der Waals surface area contributed by atoms with Crippen LogP contribution in [0.4, 0.5) is 0 Å². The second-order valence-corrected chi connectivity index (χ2v) is 4.44. The average Bonchev–Trinajstić information content (AvgIpc) is 2.61. The number of hydrogen-bond donors (Lipinski definition) is 1. The summed E-state index contributed by atoms with van der Waals surface area (Å²) in [4.78, 5) is 4.42. The number of hydrogen-bond acceptors (Lipinski definition) is 2. The molecule has 2 rings (SSSR count). The van der Waals surface area contributed by atoms with E-state index < -0.39 is 0 Å². The summed E-state index contributed by atoms with van der Waals surface area (Å²) < 4.78 is 3.23. The zero-order valence-corrected chi connectivity index (χ0v) is 10.3. The first kappa shape index (κ1) is 10.6. The third kappa shape index (κ3) is 2.38. The van der Waals surface area contributed by atoms with E-state index in [1.54, 1.807) is 0 Å². The third-order valence-electron chi connectivity index (χ3n) is 2.40. The highest BCUT2D eigenvalue weighted by Crippen LogP contribution is 2.15. The lowest BCUT2D eigenvalue weighted by Crippen LogP contribution is -2.09. The first-order valence-corrected chi connectivity index (χ1v) is 5.86. The van der Waals surface area contributed by atoms with Gasteiger partial charge in [-0.3, -0.25) is 0 Å². The van der Waals surface area contributed by atoms with Crippen LogP contribution in [0, 0.1) is 0 Å². The van der Waals surface area contributed by atoms with Gasteiger partial charge in [0.2, 0.25) is 0 Å². The topological polar surface area (TPSA) is 29.3 Å². The number of nitrogens with one attached hydrogen (secondary N) is 1. The van der Waals surface area contributed by atoms with Crippen molar-refractivity contribution >= 4 is 21.4 Å². The number of aryl methyl sites for hydroxylation is 1. The van der Waals surface area contributed by atoms with Crippen LogP contribution in [-0.2, 0) is 6.42 Å². The van der Waals surface area contributed by atoms with Gasteiger partial charge in [0.05, 0.1) is 11.7 Å². The van der Waals surface area contributed by atoms with Gasteiger partial charge in [0.1, 0.15) is 5.82 Å². The summed E-state index contributed by atoms with van der Waals surface area (Å²) in [5, 5.41) is 3.14. The Hall–Kier alpha value is -0.870. The van der Waals surface area contributed by atoms with Crippen molar-refractivity contribution in [3.63, 3.8) is 0 Å². The summed E-state index contributed by atoms with van der Waals surface area (Å²) >= 11 is 3.45. The largest absolute Gasteiger partial charge is 0.320 e. The molecule has 15 heavy (non-hydrogen) atoms. The van der Waals surface area contributed by atoms with Crippen molar-refractivity contribution in [2.45, 2.75) is 12.8 Å². The number of rotatable bonds is 4. The van der Waals surface area contributed by atoms with Crippen LogP contribution in [0.1, 0.15) is 12.2 Å². The minimum Gasteiger partial charge on any atom is -0.320 e. The molecule has 2 aromatic heterocycles. The highest BCUT2D eigenvalue weighted by Gasteiger charge is 2.02. The summed E-state index contributed by atoms with van der Waals surface area (Å²) in [5.74, 6) is 1.13. The molecule has 4 heteroatoms. The summed E-state index contributed by atoms with van der Waals surface area (Å²) in [6.45, 7) is 1.03. The third-order valence-corrected chi connectivity index (χ3v) is 2.89. The molecule has 0 spiro atoms. The fraction of sp³-hybridized carbons (Fsp3) is 0.364. The average molecular weight is 268 g/mol. The smallest absolute Gasteiger partial charge is 0.113 e. The van der Waals surface area contributed by atoms with Gasteiger partial charge in [-0.1, -0.05) is 15.9 Å². The summed E-state index contributed by atoms with van der Waals surface area (Å²) in [6, 6.07) is 4.12. The molecule has 0 unspecified atom stereocenters. The fourth-order valence-electron chi connectivity index (χ4n) is 1.64. The quantitative estimate of drug-likeness (QED) is 0.862. The number of halogens is 1. The molecule has 0 aliphatic rings. The molecule has 0 aliphatic carbocycles. The van der Waals surface area contributed by atoms with Gasteiger partial charge in [-0.05, 0) is 32.1 Å². The molecule has 0 saturated carbocycles. The molecule has 0 fully saturated rings. The van der Waals surface area contributed by atoms with E-state index in [2.05, 4.69) is 42.9 Å². The monoisotopic (exact) mass is 267 g/mol. The molecule has 0 atom stereocenters. The first-order chi connectivity index (χ1) is 7.31. The van der Waals surface area contributed by atoms with Gasteiger partial charge in [-0.2, -0.15) is 0 Å². The minimum absolute atomic E-state index is 1.01. The normalized spacial score (nSPS) is 11.1. The molecule has 3 nitrogen and oxygen atoms in total. The van der Waals surface area contributed by atoms with Crippen LogP contribution in [0.15, 0.2) is 29.0 Å². The molecule has 0 bridgehead atoms. The molecule has 2 aromatic rings. The maximum atomic E-state index is 4.42. The zero-order valence-electron chi connectivity index (χ0n) is 8.70. The molecule has 0 aliphatic heterocycles. The minimum atomic E-state index is 1.01. The molecule has 0 amide bonds. The van der Waals surface area contributed by atoms with Crippen LogP contribution < -0.4 is 5.32 Å². The molecule has 0 aromatic carbocycles. The SMILES string of the molecule is CNCCCc1ncc2cc(Br)ccn12. The van der Waals surface area contributed by atoms with Crippen LogP contribution in [-0.4, -0.2) is 23.0 Å². The first-order valence-electron chi connectivity index (χ1n) is 5.07. The predicted octanol–water partition coefficient (Wildman–Crippen LogP) is 2.25. The molecule has 0 saturated heterocycles. The van der Waals surface area contributed by atoms with E-state index in [1.165, 1.54) is 0 Å². The lowest BCUT2D eigenvalue weighted by Gasteiger charge is -2.01. The highest BCUT2D eigenvalue weighted by atomic mass is 79.9. The van der Waals surface area contributed by atoms with Crippen LogP contribution in [0.5, 0.6) is 0 Å². The van der Waals surface area contributed by atoms with Crippen molar-refractivity contribution in [3.05, 3.63) is 34.8 Å². The van der Waals surface area contributed by atoms with Crippen molar-refractivity contribution in [1.29, 1.82) is 0 Å². The molecule has 1 N–H and O–H groups in total. The maximum Gasteiger partial charge on any atom is 0.113 e. The van der Waals surface area contributed by atoms with Gasteiger partial charge in [0.15, 0.2) is 0 Å². The van der Waals surface area contributed by atoms with E-state index in [-0.39, 0.29) is 0 Å². The number of pyridine rings is 1. The van der Waals surface area contributed by atoms with Crippen molar-refractivity contribution in [2.75, 3.05) is 13.6 Å².